The molecule has 0 atom stereocenters. The highest BCUT2D eigenvalue weighted by molar-refractivity contribution is 5.85. The minimum absolute atomic E-state index is 0.465. The Hall–Kier alpha value is -2.50. The molecule has 0 bridgehead atoms. The van der Waals surface area contributed by atoms with E-state index in [1.807, 2.05) is 45.0 Å². The summed E-state index contributed by atoms with van der Waals surface area (Å²) in [6.07, 6.45) is 2.93. The van der Waals surface area contributed by atoms with Crippen LogP contribution in [0.15, 0.2) is 36.8 Å². The van der Waals surface area contributed by atoms with Crippen molar-refractivity contribution in [3.8, 4) is 0 Å². The first-order valence-corrected chi connectivity index (χ1v) is 6.73. The van der Waals surface area contributed by atoms with Gasteiger partial charge in [0.1, 0.15) is 5.60 Å². The maximum atomic E-state index is 11.7. The number of hydrogen-bond donors (Lipinski definition) is 3. The Bertz CT molecular complexity index is 588. The molecular weight excluding hydrogens is 268 g/mol. The molecule has 2 aromatic rings. The van der Waals surface area contributed by atoms with Crippen LogP contribution in [0, 0.1) is 0 Å². The molecule has 0 aliphatic carbocycles. The van der Waals surface area contributed by atoms with Crippen LogP contribution in [0.5, 0.6) is 0 Å². The van der Waals surface area contributed by atoms with Crippen LogP contribution in [0.4, 0.5) is 16.2 Å². The molecule has 6 nitrogen and oxygen atoms in total. The zero-order valence-electron chi connectivity index (χ0n) is 12.4. The number of aromatic amines is 1. The van der Waals surface area contributed by atoms with Crippen LogP contribution in [0.2, 0.25) is 0 Å². The molecule has 21 heavy (non-hydrogen) atoms. The number of ether oxygens (including phenoxy) is 1. The van der Waals surface area contributed by atoms with Crippen molar-refractivity contribution in [3.63, 3.8) is 0 Å². The lowest BCUT2D eigenvalue weighted by atomic mass is 10.2. The number of rotatable bonds is 4. The summed E-state index contributed by atoms with van der Waals surface area (Å²) in [5, 5.41) is 5.96. The van der Waals surface area contributed by atoms with Crippen LogP contribution >= 0.6 is 0 Å². The van der Waals surface area contributed by atoms with Gasteiger partial charge in [-0.25, -0.2) is 9.78 Å². The number of H-pyrrole nitrogens is 1. The molecule has 112 valence electrons. The van der Waals surface area contributed by atoms with E-state index in [-0.39, 0.29) is 0 Å². The van der Waals surface area contributed by atoms with E-state index in [1.165, 1.54) is 0 Å². The van der Waals surface area contributed by atoms with Gasteiger partial charge in [-0.15, -0.1) is 0 Å². The summed E-state index contributed by atoms with van der Waals surface area (Å²) in [4.78, 5) is 18.7. The molecule has 1 amide bonds. The number of nitrogens with one attached hydrogen (secondary N) is 3. The van der Waals surface area contributed by atoms with Crippen LogP contribution in [-0.2, 0) is 11.3 Å². The normalized spacial score (nSPS) is 11.0. The predicted octanol–water partition coefficient (Wildman–Crippen LogP) is 3.37. The molecule has 0 unspecified atom stereocenters. The Morgan fingerprint density at radius 2 is 2.10 bits per heavy atom. The molecule has 0 aliphatic heterocycles. The van der Waals surface area contributed by atoms with Gasteiger partial charge < -0.3 is 15.0 Å². The zero-order chi connectivity index (χ0) is 15.3. The summed E-state index contributed by atoms with van der Waals surface area (Å²) < 4.78 is 5.22. The molecule has 0 aliphatic rings. The van der Waals surface area contributed by atoms with Gasteiger partial charge in [-0.3, -0.25) is 5.32 Å². The lowest BCUT2D eigenvalue weighted by Crippen LogP contribution is -2.27. The first-order valence-electron chi connectivity index (χ1n) is 6.73. The van der Waals surface area contributed by atoms with E-state index in [4.69, 9.17) is 4.74 Å². The maximum Gasteiger partial charge on any atom is 0.412 e. The molecule has 2 rings (SSSR count). The highest BCUT2D eigenvalue weighted by Crippen LogP contribution is 2.17. The van der Waals surface area contributed by atoms with E-state index in [2.05, 4.69) is 20.6 Å². The van der Waals surface area contributed by atoms with Crippen molar-refractivity contribution in [3.05, 3.63) is 42.5 Å². The molecule has 0 spiro atoms. The molecule has 1 heterocycles. The van der Waals surface area contributed by atoms with E-state index in [0.29, 0.717) is 12.2 Å². The molecule has 0 saturated carbocycles. The predicted molar refractivity (Wildman–Crippen MR) is 82.2 cm³/mol. The van der Waals surface area contributed by atoms with Crippen molar-refractivity contribution in [2.75, 3.05) is 10.6 Å². The number of benzene rings is 1. The molecular formula is C15H20N4O2. The van der Waals surface area contributed by atoms with Crippen molar-refractivity contribution in [1.82, 2.24) is 9.97 Å². The average molecular weight is 288 g/mol. The Morgan fingerprint density at radius 3 is 2.76 bits per heavy atom. The number of carbonyl (C=O) groups excluding carboxylic acids is 1. The Labute approximate surface area is 123 Å². The molecule has 0 radical (unpaired) electrons. The second-order valence-corrected chi connectivity index (χ2v) is 5.64. The van der Waals surface area contributed by atoms with Gasteiger partial charge in [-0.05, 0) is 39.0 Å². The van der Waals surface area contributed by atoms with Gasteiger partial charge in [0.2, 0.25) is 0 Å². The van der Waals surface area contributed by atoms with Gasteiger partial charge in [-0.1, -0.05) is 6.07 Å². The Kier molecular flexibility index (Phi) is 4.47. The van der Waals surface area contributed by atoms with E-state index in [9.17, 15) is 4.79 Å². The van der Waals surface area contributed by atoms with Crippen molar-refractivity contribution in [2.45, 2.75) is 32.9 Å². The second kappa shape index (κ2) is 6.30. The molecule has 3 N–H and O–H groups in total. The fraction of sp³-hybridized carbons (Fsp3) is 0.333. The summed E-state index contributed by atoms with van der Waals surface area (Å²) >= 11 is 0. The van der Waals surface area contributed by atoms with Gasteiger partial charge >= 0.3 is 6.09 Å². The summed E-state index contributed by atoms with van der Waals surface area (Å²) in [5.41, 5.74) is 2.05. The van der Waals surface area contributed by atoms with Crippen LogP contribution in [-0.4, -0.2) is 21.7 Å². The largest absolute Gasteiger partial charge is 0.444 e. The van der Waals surface area contributed by atoms with E-state index in [0.717, 1.165) is 11.4 Å². The maximum absolute atomic E-state index is 11.7. The number of aromatic nitrogens is 2. The molecule has 6 heteroatoms. The van der Waals surface area contributed by atoms with E-state index >= 15 is 0 Å². The summed E-state index contributed by atoms with van der Waals surface area (Å²) in [6, 6.07) is 7.45. The SMILES string of the molecule is CC(C)(C)OC(=O)Nc1cccc(NCc2cnc[nH]2)c1. The third kappa shape index (κ3) is 5.18. The summed E-state index contributed by atoms with van der Waals surface area (Å²) in [6.45, 7) is 6.12. The van der Waals surface area contributed by atoms with Crippen LogP contribution in [0.25, 0.3) is 0 Å². The van der Waals surface area contributed by atoms with Gasteiger partial charge in [0.25, 0.3) is 0 Å². The Balaban J connectivity index is 1.92. The lowest BCUT2D eigenvalue weighted by molar-refractivity contribution is 0.0636. The van der Waals surface area contributed by atoms with Crippen molar-refractivity contribution >= 4 is 17.5 Å². The van der Waals surface area contributed by atoms with E-state index in [1.54, 1.807) is 12.5 Å². The fourth-order valence-corrected chi connectivity index (χ4v) is 1.71. The van der Waals surface area contributed by atoms with Gasteiger partial charge in [-0.2, -0.15) is 0 Å². The van der Waals surface area contributed by atoms with Crippen LogP contribution in [0.3, 0.4) is 0 Å². The highest BCUT2D eigenvalue weighted by Gasteiger charge is 2.16. The average Bonchev–Trinajstić information content (AvgIpc) is 2.87. The lowest BCUT2D eigenvalue weighted by Gasteiger charge is -2.19. The second-order valence-electron chi connectivity index (χ2n) is 5.64. The summed E-state index contributed by atoms with van der Waals surface area (Å²) in [7, 11) is 0. The van der Waals surface area contributed by atoms with Gasteiger partial charge in [0.05, 0.1) is 18.6 Å². The van der Waals surface area contributed by atoms with Gasteiger partial charge in [0, 0.05) is 17.6 Å². The number of hydrogen-bond acceptors (Lipinski definition) is 4. The summed E-state index contributed by atoms with van der Waals surface area (Å²) in [5.74, 6) is 0. The topological polar surface area (TPSA) is 79.0 Å². The molecule has 0 fully saturated rings. The van der Waals surface area contributed by atoms with Gasteiger partial charge in [0.15, 0.2) is 0 Å². The van der Waals surface area contributed by atoms with Crippen molar-refractivity contribution < 1.29 is 9.53 Å². The highest BCUT2D eigenvalue weighted by atomic mass is 16.6. The molecule has 1 aromatic carbocycles. The third-order valence-corrected chi connectivity index (χ3v) is 2.55. The smallest absolute Gasteiger partial charge is 0.412 e. The van der Waals surface area contributed by atoms with Crippen molar-refractivity contribution in [2.24, 2.45) is 0 Å². The minimum Gasteiger partial charge on any atom is -0.444 e. The standard InChI is InChI=1S/C15H20N4O2/c1-15(2,3)21-14(20)19-12-6-4-5-11(7-12)17-9-13-8-16-10-18-13/h4-8,10,17H,9H2,1-3H3,(H,16,18)(H,19,20). The Morgan fingerprint density at radius 1 is 1.33 bits per heavy atom. The quantitative estimate of drug-likeness (QED) is 0.806. The monoisotopic (exact) mass is 288 g/mol. The van der Waals surface area contributed by atoms with Crippen molar-refractivity contribution in [1.29, 1.82) is 0 Å². The first kappa shape index (κ1) is 14.9. The first-order chi connectivity index (χ1) is 9.92. The molecule has 1 aromatic heterocycles. The van der Waals surface area contributed by atoms with E-state index < -0.39 is 11.7 Å². The van der Waals surface area contributed by atoms with Crippen LogP contribution in [0.1, 0.15) is 26.5 Å². The minimum atomic E-state index is -0.513. The fourth-order valence-electron chi connectivity index (χ4n) is 1.71. The zero-order valence-corrected chi connectivity index (χ0v) is 12.4. The number of anilines is 2. The number of amides is 1. The third-order valence-electron chi connectivity index (χ3n) is 2.55. The number of imidazole rings is 1. The number of nitrogens with zero attached hydrogens (tertiary/aromatic N) is 1. The van der Waals surface area contributed by atoms with Crippen LogP contribution < -0.4 is 10.6 Å². The molecule has 0 saturated heterocycles. The number of carbonyl (C=O) groups is 1.